The first-order valence-electron chi connectivity index (χ1n) is 12.4. The molecule has 1 fully saturated rings. The molecular weight excluding hydrogens is 616 g/mol. The molecule has 37 heavy (non-hydrogen) atoms. The molecule has 0 unspecified atom stereocenters. The predicted molar refractivity (Wildman–Crippen MR) is 157 cm³/mol. The molecule has 1 heterocycles. The monoisotopic (exact) mass is 646 g/mol. The second kappa shape index (κ2) is 11.3. The largest absolute Gasteiger partial charge is 0.343 e. The van der Waals surface area contributed by atoms with Gasteiger partial charge in [-0.05, 0) is 97.3 Å². The van der Waals surface area contributed by atoms with Gasteiger partial charge in [0.2, 0.25) is 5.91 Å². The van der Waals surface area contributed by atoms with Crippen LogP contribution in [0, 0.1) is 13.8 Å². The number of piperidine rings is 1. The van der Waals surface area contributed by atoms with Crippen molar-refractivity contribution < 1.29 is 13.2 Å². The lowest BCUT2D eigenvalue weighted by Gasteiger charge is -2.40. The number of carbonyl (C=O) groups excluding carboxylic acids is 1. The predicted octanol–water partition coefficient (Wildman–Crippen LogP) is 6.99. The molecule has 196 valence electrons. The summed E-state index contributed by atoms with van der Waals surface area (Å²) in [6.07, 6.45) is 1.87. The molecule has 0 spiro atoms. The highest BCUT2D eigenvalue weighted by Gasteiger charge is 2.34. The lowest BCUT2D eigenvalue weighted by atomic mass is 9.74. The van der Waals surface area contributed by atoms with Crippen molar-refractivity contribution in [3.63, 3.8) is 0 Å². The SMILES string of the molecule is Cc1cc(C)cc(N(CCC(=O)N2CCC(C)(c3ccc(Br)cc3)CC2)S(=O)(=O)c2ccc(Br)cc2)c1. The first-order chi connectivity index (χ1) is 17.5. The number of likely N-dealkylation sites (tertiary alicyclic amines) is 1. The minimum Gasteiger partial charge on any atom is -0.343 e. The highest BCUT2D eigenvalue weighted by molar-refractivity contribution is 9.10. The van der Waals surface area contributed by atoms with Gasteiger partial charge in [0.05, 0.1) is 10.6 Å². The van der Waals surface area contributed by atoms with Gasteiger partial charge in [0.1, 0.15) is 0 Å². The summed E-state index contributed by atoms with van der Waals surface area (Å²) in [4.78, 5) is 15.3. The van der Waals surface area contributed by atoms with Gasteiger partial charge in [0, 0.05) is 35.0 Å². The molecule has 1 aliphatic heterocycles. The Kier molecular flexibility index (Phi) is 8.51. The average molecular weight is 648 g/mol. The third-order valence-corrected chi connectivity index (χ3v) is 10.1. The lowest BCUT2D eigenvalue weighted by Crippen LogP contribution is -2.45. The van der Waals surface area contributed by atoms with E-state index in [1.54, 1.807) is 24.3 Å². The van der Waals surface area contributed by atoms with Crippen LogP contribution in [0.25, 0.3) is 0 Å². The third kappa shape index (κ3) is 6.47. The fourth-order valence-corrected chi connectivity index (χ4v) is 6.94. The molecule has 3 aromatic carbocycles. The van der Waals surface area contributed by atoms with Crippen LogP contribution >= 0.6 is 31.9 Å². The molecule has 0 bridgehead atoms. The molecule has 0 radical (unpaired) electrons. The number of amides is 1. The van der Waals surface area contributed by atoms with Crippen molar-refractivity contribution in [1.82, 2.24) is 4.90 Å². The molecule has 0 aromatic heterocycles. The van der Waals surface area contributed by atoms with E-state index in [0.29, 0.717) is 18.8 Å². The lowest BCUT2D eigenvalue weighted by molar-refractivity contribution is -0.132. The first-order valence-corrected chi connectivity index (χ1v) is 15.4. The molecule has 1 amide bonds. The zero-order chi connectivity index (χ0) is 26.8. The van der Waals surface area contributed by atoms with E-state index in [0.717, 1.165) is 32.9 Å². The molecule has 0 atom stereocenters. The van der Waals surface area contributed by atoms with Gasteiger partial charge >= 0.3 is 0 Å². The summed E-state index contributed by atoms with van der Waals surface area (Å²) in [5.41, 5.74) is 3.83. The van der Waals surface area contributed by atoms with Crippen LogP contribution in [0.3, 0.4) is 0 Å². The second-order valence-corrected chi connectivity index (χ2v) is 13.8. The van der Waals surface area contributed by atoms with Gasteiger partial charge in [-0.1, -0.05) is 57.0 Å². The highest BCUT2D eigenvalue weighted by atomic mass is 79.9. The molecule has 0 N–H and O–H groups in total. The molecule has 1 aliphatic rings. The standard InChI is InChI=1S/C29H32Br2N2O3S/c1-21-18-22(2)20-26(19-21)33(37(35,36)27-10-8-25(31)9-11-27)15-12-28(34)32-16-13-29(3,14-17-32)23-4-6-24(30)7-5-23/h4-11,18-20H,12-17H2,1-3H3. The fraction of sp³-hybridized carbons (Fsp3) is 0.345. The fourth-order valence-electron chi connectivity index (χ4n) is 4.96. The number of nitrogens with zero attached hydrogens (tertiary/aromatic N) is 2. The smallest absolute Gasteiger partial charge is 0.264 e. The minimum atomic E-state index is -3.85. The maximum Gasteiger partial charge on any atom is 0.264 e. The number of rotatable bonds is 7. The van der Waals surface area contributed by atoms with Crippen molar-refractivity contribution in [1.29, 1.82) is 0 Å². The number of hydrogen-bond acceptors (Lipinski definition) is 3. The summed E-state index contributed by atoms with van der Waals surface area (Å²) >= 11 is 6.87. The quantitative estimate of drug-likeness (QED) is 0.278. The van der Waals surface area contributed by atoms with E-state index < -0.39 is 10.0 Å². The van der Waals surface area contributed by atoms with Gasteiger partial charge in [0.15, 0.2) is 0 Å². The van der Waals surface area contributed by atoms with Crippen molar-refractivity contribution in [3.05, 3.63) is 92.4 Å². The van der Waals surface area contributed by atoms with Crippen LogP contribution < -0.4 is 4.31 Å². The molecule has 4 rings (SSSR count). The van der Waals surface area contributed by atoms with E-state index in [9.17, 15) is 13.2 Å². The van der Waals surface area contributed by atoms with E-state index in [1.165, 1.54) is 9.87 Å². The number of hydrogen-bond donors (Lipinski definition) is 0. The highest BCUT2D eigenvalue weighted by Crippen LogP contribution is 2.36. The van der Waals surface area contributed by atoms with Gasteiger partial charge in [0.25, 0.3) is 10.0 Å². The van der Waals surface area contributed by atoms with Gasteiger partial charge in [-0.15, -0.1) is 0 Å². The number of halogens is 2. The second-order valence-electron chi connectivity index (χ2n) is 10.1. The Bertz CT molecular complexity index is 1350. The summed E-state index contributed by atoms with van der Waals surface area (Å²) in [5.74, 6) is -0.0155. The molecule has 0 saturated carbocycles. The van der Waals surface area contributed by atoms with Gasteiger partial charge in [-0.25, -0.2) is 8.42 Å². The zero-order valence-electron chi connectivity index (χ0n) is 21.4. The Labute approximate surface area is 237 Å². The van der Waals surface area contributed by atoms with E-state index in [-0.39, 0.29) is 29.2 Å². The molecule has 3 aromatic rings. The Balaban J connectivity index is 1.50. The van der Waals surface area contributed by atoms with E-state index in [2.05, 4.69) is 63.0 Å². The maximum absolute atomic E-state index is 13.7. The molecule has 5 nitrogen and oxygen atoms in total. The summed E-state index contributed by atoms with van der Waals surface area (Å²) in [6, 6.07) is 20.8. The summed E-state index contributed by atoms with van der Waals surface area (Å²) in [7, 11) is -3.85. The third-order valence-electron chi connectivity index (χ3n) is 7.19. The number of anilines is 1. The normalized spacial score (nSPS) is 15.4. The first kappa shape index (κ1) is 27.9. The van der Waals surface area contributed by atoms with Crippen LogP contribution in [0.2, 0.25) is 0 Å². The number of aryl methyl sites for hydroxylation is 2. The number of sulfonamides is 1. The van der Waals surface area contributed by atoms with E-state index >= 15 is 0 Å². The van der Waals surface area contributed by atoms with Crippen LogP contribution in [0.15, 0.2) is 80.6 Å². The van der Waals surface area contributed by atoms with Crippen molar-refractivity contribution >= 4 is 53.5 Å². The molecule has 8 heteroatoms. The van der Waals surface area contributed by atoms with Crippen LogP contribution in [0.1, 0.15) is 42.9 Å². The van der Waals surface area contributed by atoms with Gasteiger partial charge < -0.3 is 4.90 Å². The van der Waals surface area contributed by atoms with Crippen molar-refractivity contribution in [2.75, 3.05) is 23.9 Å². The molecular formula is C29H32Br2N2O3S. The van der Waals surface area contributed by atoms with Crippen LogP contribution in [0.4, 0.5) is 5.69 Å². The topological polar surface area (TPSA) is 57.7 Å². The summed E-state index contributed by atoms with van der Waals surface area (Å²) in [6.45, 7) is 7.55. The van der Waals surface area contributed by atoms with Crippen LogP contribution in [-0.4, -0.2) is 38.9 Å². The summed E-state index contributed by atoms with van der Waals surface area (Å²) in [5, 5.41) is 0. The van der Waals surface area contributed by atoms with Gasteiger partial charge in [-0.2, -0.15) is 0 Å². The number of benzene rings is 3. The zero-order valence-corrected chi connectivity index (χ0v) is 25.4. The Morgan fingerprint density at radius 3 is 1.95 bits per heavy atom. The molecule has 1 saturated heterocycles. The average Bonchev–Trinajstić information content (AvgIpc) is 2.84. The van der Waals surface area contributed by atoms with Gasteiger partial charge in [-0.3, -0.25) is 9.10 Å². The van der Waals surface area contributed by atoms with Crippen molar-refractivity contribution in [2.24, 2.45) is 0 Å². The Hall–Kier alpha value is -2.16. The Morgan fingerprint density at radius 2 is 1.41 bits per heavy atom. The molecule has 0 aliphatic carbocycles. The van der Waals surface area contributed by atoms with E-state index in [4.69, 9.17) is 0 Å². The number of carbonyl (C=O) groups is 1. The minimum absolute atomic E-state index is 0.0155. The van der Waals surface area contributed by atoms with Crippen molar-refractivity contribution in [3.8, 4) is 0 Å². The maximum atomic E-state index is 13.7. The van der Waals surface area contributed by atoms with E-state index in [1.807, 2.05) is 36.9 Å². The van der Waals surface area contributed by atoms with Crippen LogP contribution in [0.5, 0.6) is 0 Å². The Morgan fingerprint density at radius 1 is 0.892 bits per heavy atom. The van der Waals surface area contributed by atoms with Crippen LogP contribution in [-0.2, 0) is 20.2 Å². The van der Waals surface area contributed by atoms with Crippen molar-refractivity contribution in [2.45, 2.75) is 50.3 Å². The summed E-state index contributed by atoms with van der Waals surface area (Å²) < 4.78 is 30.6.